The molecular formula is C18H17N7. The highest BCUT2D eigenvalue weighted by Gasteiger charge is 2.07. The van der Waals surface area contributed by atoms with Gasteiger partial charge in [-0.15, -0.1) is 10.2 Å². The zero-order valence-electron chi connectivity index (χ0n) is 13.9. The van der Waals surface area contributed by atoms with E-state index in [0.29, 0.717) is 11.6 Å². The quantitative estimate of drug-likeness (QED) is 0.444. The first kappa shape index (κ1) is 15.1. The summed E-state index contributed by atoms with van der Waals surface area (Å²) >= 11 is 0. The third-order valence-corrected chi connectivity index (χ3v) is 3.91. The van der Waals surface area contributed by atoms with E-state index in [9.17, 15) is 0 Å². The number of aromatic nitrogens is 4. The molecule has 2 aromatic carbocycles. The Labute approximate surface area is 144 Å². The maximum atomic E-state index is 4.42. The fourth-order valence-electron chi connectivity index (χ4n) is 2.59. The molecule has 0 aliphatic heterocycles. The van der Waals surface area contributed by atoms with Gasteiger partial charge in [0.2, 0.25) is 0 Å². The molecule has 0 aliphatic rings. The maximum absolute atomic E-state index is 4.42. The van der Waals surface area contributed by atoms with Gasteiger partial charge in [0.1, 0.15) is 5.52 Å². The zero-order chi connectivity index (χ0) is 17.2. The van der Waals surface area contributed by atoms with E-state index >= 15 is 0 Å². The standard InChI is InChI=1S/C18H17N7/c1-25(2)13-9-7-12(8-10-13)11-19-23-18-21-17-16(22-24-18)14-5-3-4-6-15(14)20-17/h3-11H,1-2H3,(H2,20,21,23,24). The molecule has 4 rings (SSSR count). The van der Waals surface area contributed by atoms with Gasteiger partial charge in [0.05, 0.1) is 6.21 Å². The third-order valence-electron chi connectivity index (χ3n) is 3.91. The van der Waals surface area contributed by atoms with Crippen LogP contribution in [0.3, 0.4) is 0 Å². The van der Waals surface area contributed by atoms with Crippen molar-refractivity contribution in [2.45, 2.75) is 0 Å². The van der Waals surface area contributed by atoms with Gasteiger partial charge in [0.25, 0.3) is 5.95 Å². The number of para-hydroxylation sites is 1. The number of fused-ring (bicyclic) bond motifs is 3. The molecule has 2 N–H and O–H groups in total. The largest absolute Gasteiger partial charge is 0.378 e. The number of hydrogen-bond donors (Lipinski definition) is 2. The van der Waals surface area contributed by atoms with E-state index in [1.807, 2.05) is 67.5 Å². The Balaban J connectivity index is 1.53. The van der Waals surface area contributed by atoms with Crippen LogP contribution in [0, 0.1) is 0 Å². The van der Waals surface area contributed by atoms with Crippen molar-refractivity contribution in [3.8, 4) is 0 Å². The molecular weight excluding hydrogens is 314 g/mol. The fourth-order valence-corrected chi connectivity index (χ4v) is 2.59. The molecule has 0 aliphatic carbocycles. The number of aromatic amines is 1. The lowest BCUT2D eigenvalue weighted by atomic mass is 10.2. The van der Waals surface area contributed by atoms with Crippen molar-refractivity contribution < 1.29 is 0 Å². The lowest BCUT2D eigenvalue weighted by Gasteiger charge is -2.11. The molecule has 0 unspecified atom stereocenters. The fraction of sp³-hybridized carbons (Fsp3) is 0.111. The van der Waals surface area contributed by atoms with Gasteiger partial charge in [-0.1, -0.05) is 30.3 Å². The number of hydrazone groups is 1. The van der Waals surface area contributed by atoms with Crippen molar-refractivity contribution >= 4 is 39.9 Å². The Morgan fingerprint density at radius 2 is 1.84 bits per heavy atom. The van der Waals surface area contributed by atoms with Crippen LogP contribution < -0.4 is 10.3 Å². The van der Waals surface area contributed by atoms with Crippen LogP contribution in [-0.4, -0.2) is 40.5 Å². The molecule has 0 saturated carbocycles. The molecule has 0 bridgehead atoms. The van der Waals surface area contributed by atoms with Gasteiger partial charge >= 0.3 is 0 Å². The van der Waals surface area contributed by atoms with Crippen LogP contribution in [0.1, 0.15) is 5.56 Å². The molecule has 7 heteroatoms. The van der Waals surface area contributed by atoms with Crippen LogP contribution in [0.15, 0.2) is 53.6 Å². The highest BCUT2D eigenvalue weighted by atomic mass is 15.4. The van der Waals surface area contributed by atoms with E-state index in [2.05, 4.69) is 30.7 Å². The molecule has 0 saturated heterocycles. The van der Waals surface area contributed by atoms with Crippen molar-refractivity contribution in [3.63, 3.8) is 0 Å². The molecule has 7 nitrogen and oxygen atoms in total. The molecule has 0 atom stereocenters. The van der Waals surface area contributed by atoms with E-state index in [0.717, 1.165) is 27.7 Å². The SMILES string of the molecule is CN(C)c1ccc(C=NNc2nnc3c(n2)[nH]c2ccccc23)cc1. The van der Waals surface area contributed by atoms with Crippen molar-refractivity contribution in [3.05, 3.63) is 54.1 Å². The average Bonchev–Trinajstić information content (AvgIpc) is 3.00. The highest BCUT2D eigenvalue weighted by Crippen LogP contribution is 2.21. The molecule has 0 fully saturated rings. The monoisotopic (exact) mass is 331 g/mol. The van der Waals surface area contributed by atoms with Gasteiger partial charge in [-0.05, 0) is 23.8 Å². The summed E-state index contributed by atoms with van der Waals surface area (Å²) in [6.45, 7) is 0. The van der Waals surface area contributed by atoms with Gasteiger partial charge < -0.3 is 9.88 Å². The Bertz CT molecular complexity index is 1050. The minimum atomic E-state index is 0.347. The normalized spacial score (nSPS) is 11.4. The second-order valence-corrected chi connectivity index (χ2v) is 5.86. The molecule has 4 aromatic rings. The second-order valence-electron chi connectivity index (χ2n) is 5.86. The first-order chi connectivity index (χ1) is 12.2. The van der Waals surface area contributed by atoms with Crippen molar-refractivity contribution in [2.75, 3.05) is 24.4 Å². The number of rotatable bonds is 4. The Hall–Kier alpha value is -3.48. The minimum Gasteiger partial charge on any atom is -0.378 e. The van der Waals surface area contributed by atoms with Crippen molar-refractivity contribution in [1.29, 1.82) is 0 Å². The summed E-state index contributed by atoms with van der Waals surface area (Å²) in [6.07, 6.45) is 1.72. The summed E-state index contributed by atoms with van der Waals surface area (Å²) in [4.78, 5) is 9.70. The van der Waals surface area contributed by atoms with Crippen LogP contribution in [0.2, 0.25) is 0 Å². The van der Waals surface area contributed by atoms with E-state index in [4.69, 9.17) is 0 Å². The molecule has 0 spiro atoms. The van der Waals surface area contributed by atoms with E-state index in [1.165, 1.54) is 0 Å². The molecule has 0 radical (unpaired) electrons. The van der Waals surface area contributed by atoms with E-state index < -0.39 is 0 Å². The van der Waals surface area contributed by atoms with Gasteiger partial charge in [-0.2, -0.15) is 10.1 Å². The summed E-state index contributed by atoms with van der Waals surface area (Å²) in [5.74, 6) is 0.347. The second kappa shape index (κ2) is 6.20. The molecule has 2 heterocycles. The minimum absolute atomic E-state index is 0.347. The first-order valence-corrected chi connectivity index (χ1v) is 7.88. The van der Waals surface area contributed by atoms with Crippen molar-refractivity contribution in [2.24, 2.45) is 5.10 Å². The van der Waals surface area contributed by atoms with Gasteiger partial charge in [0.15, 0.2) is 5.65 Å². The number of nitrogens with zero attached hydrogens (tertiary/aromatic N) is 5. The number of anilines is 2. The highest BCUT2D eigenvalue weighted by molar-refractivity contribution is 6.03. The summed E-state index contributed by atoms with van der Waals surface area (Å²) in [5.41, 5.74) is 7.37. The van der Waals surface area contributed by atoms with Crippen molar-refractivity contribution in [1.82, 2.24) is 20.2 Å². The summed E-state index contributed by atoms with van der Waals surface area (Å²) < 4.78 is 0. The van der Waals surface area contributed by atoms with Crippen LogP contribution >= 0.6 is 0 Å². The lowest BCUT2D eigenvalue weighted by molar-refractivity contribution is 1.01. The maximum Gasteiger partial charge on any atom is 0.265 e. The summed E-state index contributed by atoms with van der Waals surface area (Å²) in [6, 6.07) is 16.0. The molecule has 2 aromatic heterocycles. The summed E-state index contributed by atoms with van der Waals surface area (Å²) in [5, 5.41) is 13.5. The van der Waals surface area contributed by atoms with E-state index in [-0.39, 0.29) is 0 Å². The predicted octanol–water partition coefficient (Wildman–Crippen LogP) is 3.02. The zero-order valence-corrected chi connectivity index (χ0v) is 13.9. The third kappa shape index (κ3) is 2.99. The van der Waals surface area contributed by atoms with E-state index in [1.54, 1.807) is 6.21 Å². The smallest absolute Gasteiger partial charge is 0.265 e. The Morgan fingerprint density at radius 3 is 2.64 bits per heavy atom. The molecule has 25 heavy (non-hydrogen) atoms. The first-order valence-electron chi connectivity index (χ1n) is 7.88. The topological polar surface area (TPSA) is 82.1 Å². The number of H-pyrrole nitrogens is 1. The van der Waals surface area contributed by atoms with Gasteiger partial charge in [-0.3, -0.25) is 0 Å². The van der Waals surface area contributed by atoms with Gasteiger partial charge in [-0.25, -0.2) is 5.43 Å². The lowest BCUT2D eigenvalue weighted by Crippen LogP contribution is -2.08. The van der Waals surface area contributed by atoms with Crippen LogP contribution in [0.5, 0.6) is 0 Å². The van der Waals surface area contributed by atoms with Crippen LogP contribution in [0.4, 0.5) is 11.6 Å². The Morgan fingerprint density at radius 1 is 1.04 bits per heavy atom. The number of nitrogens with one attached hydrogen (secondary N) is 2. The van der Waals surface area contributed by atoms with Crippen LogP contribution in [-0.2, 0) is 0 Å². The molecule has 124 valence electrons. The average molecular weight is 331 g/mol. The van der Waals surface area contributed by atoms with Gasteiger partial charge in [0, 0.05) is 30.7 Å². The summed E-state index contributed by atoms with van der Waals surface area (Å²) in [7, 11) is 4.02. The number of hydrogen-bond acceptors (Lipinski definition) is 6. The number of benzene rings is 2. The molecule has 0 amide bonds. The predicted molar refractivity (Wildman–Crippen MR) is 101 cm³/mol. The Kier molecular flexibility index (Phi) is 3.74. The van der Waals surface area contributed by atoms with Crippen LogP contribution in [0.25, 0.3) is 22.1 Å².